The number of carbonyl (C=O) groups is 1. The first-order valence-electron chi connectivity index (χ1n) is 8.19. The van der Waals surface area contributed by atoms with Crippen LogP contribution in [-0.2, 0) is 6.54 Å². The minimum absolute atomic E-state index is 0.192. The SMILES string of the molecule is Cc1ccccc1CN(C(N)=O)c1cncc(C#Cc2cnc(N)nc2)c1. The molecule has 0 saturated carbocycles. The molecule has 3 aromatic rings. The van der Waals surface area contributed by atoms with E-state index < -0.39 is 6.03 Å². The lowest BCUT2D eigenvalue weighted by Gasteiger charge is -2.21. The number of urea groups is 1. The van der Waals surface area contributed by atoms with E-state index in [0.29, 0.717) is 23.4 Å². The summed E-state index contributed by atoms with van der Waals surface area (Å²) < 4.78 is 0. The average Bonchev–Trinajstić information content (AvgIpc) is 2.67. The molecule has 0 aliphatic rings. The van der Waals surface area contributed by atoms with Crippen LogP contribution in [0.1, 0.15) is 22.3 Å². The number of rotatable bonds is 3. The summed E-state index contributed by atoms with van der Waals surface area (Å²) in [6.45, 7) is 2.34. The molecule has 0 saturated heterocycles. The summed E-state index contributed by atoms with van der Waals surface area (Å²) in [6.07, 6.45) is 6.28. The van der Waals surface area contributed by atoms with Gasteiger partial charge in [-0.2, -0.15) is 0 Å². The minimum atomic E-state index is -0.558. The summed E-state index contributed by atoms with van der Waals surface area (Å²) in [6, 6.07) is 9.04. The molecule has 0 spiro atoms. The molecule has 2 heterocycles. The number of carbonyl (C=O) groups excluding carboxylic acids is 1. The van der Waals surface area contributed by atoms with Gasteiger partial charge in [0.15, 0.2) is 0 Å². The molecule has 0 aliphatic carbocycles. The molecule has 4 N–H and O–H groups in total. The van der Waals surface area contributed by atoms with E-state index in [1.54, 1.807) is 30.9 Å². The standard InChI is InChI=1S/C20H18N6O/c1-14-4-2-3-5-17(14)13-26(20(22)27)18-8-15(9-23-12-18)6-7-16-10-24-19(21)25-11-16/h2-5,8-12H,13H2,1H3,(H2,22,27)(H2,21,24,25). The van der Waals surface area contributed by atoms with E-state index in [0.717, 1.165) is 11.1 Å². The smallest absolute Gasteiger partial charge is 0.319 e. The van der Waals surface area contributed by atoms with Crippen molar-refractivity contribution in [2.75, 3.05) is 10.6 Å². The average molecular weight is 358 g/mol. The number of nitrogens with zero attached hydrogens (tertiary/aromatic N) is 4. The highest BCUT2D eigenvalue weighted by atomic mass is 16.2. The van der Waals surface area contributed by atoms with E-state index in [1.807, 2.05) is 31.2 Å². The predicted molar refractivity (Wildman–Crippen MR) is 104 cm³/mol. The van der Waals surface area contributed by atoms with Gasteiger partial charge in [-0.25, -0.2) is 14.8 Å². The van der Waals surface area contributed by atoms with Crippen molar-refractivity contribution >= 4 is 17.7 Å². The third-order valence-corrected chi connectivity index (χ3v) is 3.91. The summed E-state index contributed by atoms with van der Waals surface area (Å²) >= 11 is 0. The van der Waals surface area contributed by atoms with Gasteiger partial charge in [-0.15, -0.1) is 0 Å². The number of amides is 2. The van der Waals surface area contributed by atoms with Gasteiger partial charge in [-0.1, -0.05) is 36.1 Å². The fraction of sp³-hybridized carbons (Fsp3) is 0.100. The van der Waals surface area contributed by atoms with Crippen LogP contribution in [0.25, 0.3) is 0 Å². The molecule has 7 heteroatoms. The molecule has 0 bridgehead atoms. The third-order valence-electron chi connectivity index (χ3n) is 3.91. The highest BCUT2D eigenvalue weighted by Gasteiger charge is 2.14. The van der Waals surface area contributed by atoms with Crippen molar-refractivity contribution in [3.05, 3.63) is 77.4 Å². The van der Waals surface area contributed by atoms with Crippen molar-refractivity contribution in [1.29, 1.82) is 0 Å². The highest BCUT2D eigenvalue weighted by molar-refractivity contribution is 5.90. The van der Waals surface area contributed by atoms with Crippen LogP contribution in [0.3, 0.4) is 0 Å². The molecular formula is C20H18N6O. The van der Waals surface area contributed by atoms with Crippen LogP contribution in [0.15, 0.2) is 55.1 Å². The molecule has 3 rings (SSSR count). The van der Waals surface area contributed by atoms with Crippen LogP contribution in [0.5, 0.6) is 0 Å². The molecular weight excluding hydrogens is 340 g/mol. The van der Waals surface area contributed by atoms with Crippen LogP contribution < -0.4 is 16.4 Å². The summed E-state index contributed by atoms with van der Waals surface area (Å²) in [5.41, 5.74) is 15.0. The second-order valence-corrected chi connectivity index (χ2v) is 5.86. The molecule has 0 atom stereocenters. The molecule has 134 valence electrons. The number of nitrogens with two attached hydrogens (primary N) is 2. The van der Waals surface area contributed by atoms with E-state index >= 15 is 0 Å². The molecule has 0 fully saturated rings. The van der Waals surface area contributed by atoms with Crippen LogP contribution >= 0.6 is 0 Å². The molecule has 7 nitrogen and oxygen atoms in total. The van der Waals surface area contributed by atoms with Crippen molar-refractivity contribution in [2.24, 2.45) is 5.73 Å². The zero-order valence-corrected chi connectivity index (χ0v) is 14.8. The zero-order valence-electron chi connectivity index (χ0n) is 14.8. The predicted octanol–water partition coefficient (Wildman–Crippen LogP) is 2.25. The van der Waals surface area contributed by atoms with Crippen molar-refractivity contribution < 1.29 is 4.79 Å². The number of anilines is 2. The Kier molecular flexibility index (Phi) is 5.28. The monoisotopic (exact) mass is 358 g/mol. The summed E-state index contributed by atoms with van der Waals surface area (Å²) in [5.74, 6) is 6.11. The quantitative estimate of drug-likeness (QED) is 0.698. The number of hydrogen-bond donors (Lipinski definition) is 2. The number of aryl methyl sites for hydroxylation is 1. The highest BCUT2D eigenvalue weighted by Crippen LogP contribution is 2.19. The Morgan fingerprint density at radius 3 is 2.48 bits per heavy atom. The van der Waals surface area contributed by atoms with Gasteiger partial charge in [0.05, 0.1) is 24.0 Å². The normalized spacial score (nSPS) is 9.96. The van der Waals surface area contributed by atoms with E-state index in [9.17, 15) is 4.79 Å². The maximum atomic E-state index is 12.0. The lowest BCUT2D eigenvalue weighted by atomic mass is 10.1. The lowest BCUT2D eigenvalue weighted by molar-refractivity contribution is 0.253. The first-order valence-corrected chi connectivity index (χ1v) is 8.19. The number of nitrogen functional groups attached to an aromatic ring is 1. The van der Waals surface area contributed by atoms with E-state index in [2.05, 4.69) is 26.8 Å². The number of primary amides is 1. The molecule has 0 unspecified atom stereocenters. The van der Waals surface area contributed by atoms with E-state index in [-0.39, 0.29) is 5.95 Å². The Morgan fingerprint density at radius 1 is 1.07 bits per heavy atom. The Labute approximate surface area is 157 Å². The zero-order chi connectivity index (χ0) is 19.2. The van der Waals surface area contributed by atoms with Gasteiger partial charge < -0.3 is 11.5 Å². The molecule has 2 amide bonds. The largest absolute Gasteiger partial charge is 0.368 e. The van der Waals surface area contributed by atoms with Gasteiger partial charge in [-0.3, -0.25) is 9.88 Å². The summed E-state index contributed by atoms with van der Waals surface area (Å²) in [5, 5.41) is 0. The summed E-state index contributed by atoms with van der Waals surface area (Å²) in [4.78, 5) is 25.4. The van der Waals surface area contributed by atoms with Gasteiger partial charge in [-0.05, 0) is 24.1 Å². The van der Waals surface area contributed by atoms with Gasteiger partial charge in [0.2, 0.25) is 5.95 Å². The van der Waals surface area contributed by atoms with Crippen molar-refractivity contribution in [1.82, 2.24) is 15.0 Å². The fourth-order valence-corrected chi connectivity index (χ4v) is 2.44. The fourth-order valence-electron chi connectivity index (χ4n) is 2.44. The molecule has 27 heavy (non-hydrogen) atoms. The second kappa shape index (κ2) is 7.97. The van der Waals surface area contributed by atoms with Gasteiger partial charge in [0.1, 0.15) is 0 Å². The maximum Gasteiger partial charge on any atom is 0.319 e. The van der Waals surface area contributed by atoms with Gasteiger partial charge in [0, 0.05) is 24.2 Å². The second-order valence-electron chi connectivity index (χ2n) is 5.86. The van der Waals surface area contributed by atoms with E-state index in [4.69, 9.17) is 11.5 Å². The van der Waals surface area contributed by atoms with E-state index in [1.165, 1.54) is 4.90 Å². The van der Waals surface area contributed by atoms with Gasteiger partial charge in [0.25, 0.3) is 0 Å². The number of hydrogen-bond acceptors (Lipinski definition) is 5. The maximum absolute atomic E-state index is 12.0. The minimum Gasteiger partial charge on any atom is -0.368 e. The number of aromatic nitrogens is 3. The van der Waals surface area contributed by atoms with Crippen molar-refractivity contribution in [3.8, 4) is 11.8 Å². The topological polar surface area (TPSA) is 111 Å². The Hall–Kier alpha value is -3.92. The van der Waals surface area contributed by atoms with Crippen LogP contribution in [-0.4, -0.2) is 21.0 Å². The van der Waals surface area contributed by atoms with Crippen LogP contribution in [0.4, 0.5) is 16.4 Å². The molecule has 1 aromatic carbocycles. The summed E-state index contributed by atoms with van der Waals surface area (Å²) in [7, 11) is 0. The number of pyridine rings is 1. The Morgan fingerprint density at radius 2 is 1.78 bits per heavy atom. The first kappa shape index (κ1) is 17.9. The Bertz CT molecular complexity index is 1020. The third kappa shape index (κ3) is 4.58. The number of benzene rings is 1. The molecule has 0 aliphatic heterocycles. The van der Waals surface area contributed by atoms with Crippen LogP contribution in [0, 0.1) is 18.8 Å². The Balaban J connectivity index is 1.87. The molecule has 0 radical (unpaired) electrons. The van der Waals surface area contributed by atoms with Crippen LogP contribution in [0.2, 0.25) is 0 Å². The first-order chi connectivity index (χ1) is 13.0. The van der Waals surface area contributed by atoms with Crippen molar-refractivity contribution in [3.63, 3.8) is 0 Å². The van der Waals surface area contributed by atoms with Crippen molar-refractivity contribution in [2.45, 2.75) is 13.5 Å². The van der Waals surface area contributed by atoms with Gasteiger partial charge >= 0.3 is 6.03 Å². The molecule has 2 aromatic heterocycles. The lowest BCUT2D eigenvalue weighted by Crippen LogP contribution is -2.35.